The van der Waals surface area contributed by atoms with Gasteiger partial charge in [0.05, 0.1) is 37.7 Å². The number of hydrogen-bond donors (Lipinski definition) is 2. The lowest BCUT2D eigenvalue weighted by atomic mass is 9.95. The van der Waals surface area contributed by atoms with E-state index in [1.165, 1.54) is 13.8 Å². The molecule has 2 N–H and O–H groups in total. The zero-order valence-electron chi connectivity index (χ0n) is 20.2. The van der Waals surface area contributed by atoms with E-state index in [2.05, 4.69) is 5.32 Å². The highest BCUT2D eigenvalue weighted by Gasteiger charge is 2.40. The minimum Gasteiger partial charge on any atom is -0.369 e. The lowest BCUT2D eigenvalue weighted by Crippen LogP contribution is -2.55. The zero-order chi connectivity index (χ0) is 30.8. The van der Waals surface area contributed by atoms with Gasteiger partial charge in [0, 0.05) is 0 Å². The van der Waals surface area contributed by atoms with Gasteiger partial charge in [-0.2, -0.15) is 39.5 Å². The average Bonchev–Trinajstić information content (AvgIpc) is 2.78. The number of thiocarbonyl (C=S) groups is 1. The molecule has 0 aliphatic heterocycles. The van der Waals surface area contributed by atoms with Crippen LogP contribution in [0.15, 0.2) is 36.4 Å². The molecule has 0 fully saturated rings. The lowest BCUT2D eigenvalue weighted by molar-refractivity contribution is -0.139. The van der Waals surface area contributed by atoms with Gasteiger partial charge >= 0.3 is 18.5 Å². The van der Waals surface area contributed by atoms with Crippen LogP contribution in [0.3, 0.4) is 0 Å². The largest absolute Gasteiger partial charge is 0.417 e. The third kappa shape index (κ3) is 9.15. The van der Waals surface area contributed by atoms with Crippen LogP contribution in [0.5, 0.6) is 0 Å². The molecule has 0 aliphatic carbocycles. The van der Waals surface area contributed by atoms with Crippen molar-refractivity contribution in [1.29, 1.82) is 0 Å². The Morgan fingerprint density at radius 2 is 1.50 bits per heavy atom. The predicted octanol–water partition coefficient (Wildman–Crippen LogP) is 9.01. The first-order valence-electron chi connectivity index (χ1n) is 10.8. The van der Waals surface area contributed by atoms with Gasteiger partial charge in [-0.3, -0.25) is 4.79 Å². The molecular formula is C24H18Cl3F9N2OS. The van der Waals surface area contributed by atoms with E-state index in [-0.39, 0.29) is 20.6 Å². The minimum absolute atomic E-state index is 0.180. The molecule has 0 bridgehead atoms. The van der Waals surface area contributed by atoms with Crippen molar-refractivity contribution < 1.29 is 44.3 Å². The number of amides is 1. The fourth-order valence-corrected chi connectivity index (χ4v) is 4.01. The van der Waals surface area contributed by atoms with Gasteiger partial charge in [0.2, 0.25) is 0 Å². The number of carbonyl (C=O) groups excluding carboxylic acids is 1. The average molecular weight is 660 g/mol. The molecule has 0 aliphatic rings. The van der Waals surface area contributed by atoms with E-state index in [1.54, 1.807) is 0 Å². The number of benzene rings is 2. The highest BCUT2D eigenvalue weighted by atomic mass is 35.5. The molecule has 0 saturated heterocycles. The molecular weight excluding hydrogens is 642 g/mol. The first-order chi connectivity index (χ1) is 18.0. The van der Waals surface area contributed by atoms with Gasteiger partial charge in [-0.05, 0) is 49.2 Å². The monoisotopic (exact) mass is 658 g/mol. The zero-order valence-corrected chi connectivity index (χ0v) is 23.3. The minimum atomic E-state index is -5.13. The molecule has 40 heavy (non-hydrogen) atoms. The summed E-state index contributed by atoms with van der Waals surface area (Å²) in [5.41, 5.74) is -4.89. The highest BCUT2D eigenvalue weighted by Crippen LogP contribution is 2.41. The Bertz CT molecular complexity index is 1280. The number of hydrogen-bond acceptors (Lipinski definition) is 2. The lowest BCUT2D eigenvalue weighted by Gasteiger charge is -2.29. The molecule has 2 aromatic rings. The highest BCUT2D eigenvalue weighted by molar-refractivity contribution is 7.80. The van der Waals surface area contributed by atoms with E-state index in [9.17, 15) is 44.3 Å². The van der Waals surface area contributed by atoms with Crippen LogP contribution in [0, 0.1) is 0 Å². The van der Waals surface area contributed by atoms with Crippen molar-refractivity contribution in [2.75, 3.05) is 6.54 Å². The molecule has 0 heterocycles. The molecule has 2 aromatic carbocycles. The number of carbonyl (C=O) groups is 1. The summed E-state index contributed by atoms with van der Waals surface area (Å²) < 4.78 is 120. The Morgan fingerprint density at radius 1 is 0.950 bits per heavy atom. The molecule has 1 atom stereocenters. The van der Waals surface area contributed by atoms with E-state index >= 15 is 0 Å². The molecule has 16 heteroatoms. The second kappa shape index (κ2) is 12.3. The van der Waals surface area contributed by atoms with Gasteiger partial charge in [0.1, 0.15) is 11.5 Å². The predicted molar refractivity (Wildman–Crippen MR) is 139 cm³/mol. The molecule has 1 unspecified atom stereocenters. The van der Waals surface area contributed by atoms with Gasteiger partial charge in [-0.1, -0.05) is 65.2 Å². The standard InChI is InChI=1S/C24H18Cl3F9N2OS/c1-21(2,20(40)37-10-22(28,29)30)38-19(39)13-5-3-11(7-15(13)24(34,35)36)4-6-14(23(31,32)33)12-8-16(25)18(27)17(26)9-12/h3-9,14H,10H2,1-2H3,(H,37,40)(H,38,39). The number of halogens is 12. The Labute approximate surface area is 242 Å². The Kier molecular flexibility index (Phi) is 10.5. The maximum absolute atomic E-state index is 13.8. The van der Waals surface area contributed by atoms with Crippen molar-refractivity contribution in [2.24, 2.45) is 0 Å². The Morgan fingerprint density at radius 3 is 1.98 bits per heavy atom. The molecule has 2 rings (SSSR count). The van der Waals surface area contributed by atoms with E-state index in [0.29, 0.717) is 12.1 Å². The summed E-state index contributed by atoms with van der Waals surface area (Å²) in [7, 11) is 0. The summed E-state index contributed by atoms with van der Waals surface area (Å²) in [5.74, 6) is -3.66. The topological polar surface area (TPSA) is 41.1 Å². The number of nitrogens with one attached hydrogen (secondary N) is 2. The maximum Gasteiger partial charge on any atom is 0.417 e. The van der Waals surface area contributed by atoms with Crippen LogP contribution < -0.4 is 10.6 Å². The number of rotatable bonds is 7. The second-order valence-electron chi connectivity index (χ2n) is 8.86. The molecule has 0 spiro atoms. The molecule has 0 aromatic heterocycles. The van der Waals surface area contributed by atoms with E-state index in [1.807, 2.05) is 5.32 Å². The summed E-state index contributed by atoms with van der Waals surface area (Å²) in [6.07, 6.45) is -13.3. The van der Waals surface area contributed by atoms with Gasteiger partial charge < -0.3 is 10.6 Å². The Hall–Kier alpha value is -2.22. The van der Waals surface area contributed by atoms with Gasteiger partial charge in [0.15, 0.2) is 0 Å². The van der Waals surface area contributed by atoms with Crippen LogP contribution >= 0.6 is 47.0 Å². The summed E-state index contributed by atoms with van der Waals surface area (Å²) in [5, 5.41) is 3.30. The third-order valence-electron chi connectivity index (χ3n) is 5.24. The summed E-state index contributed by atoms with van der Waals surface area (Å²) in [4.78, 5) is 12.2. The molecule has 3 nitrogen and oxygen atoms in total. The van der Waals surface area contributed by atoms with E-state index in [4.69, 9.17) is 47.0 Å². The fraction of sp³-hybridized carbons (Fsp3) is 0.333. The van der Waals surface area contributed by atoms with E-state index in [0.717, 1.165) is 30.3 Å². The first-order valence-corrected chi connectivity index (χ1v) is 12.4. The van der Waals surface area contributed by atoms with Crippen LogP contribution in [-0.4, -0.2) is 35.3 Å². The van der Waals surface area contributed by atoms with Gasteiger partial charge in [0.25, 0.3) is 5.91 Å². The first kappa shape index (κ1) is 34.0. The van der Waals surface area contributed by atoms with E-state index < -0.39 is 64.1 Å². The van der Waals surface area contributed by atoms with Gasteiger partial charge in [-0.15, -0.1) is 0 Å². The van der Waals surface area contributed by atoms with Crippen LogP contribution in [0.4, 0.5) is 39.5 Å². The number of allylic oxidation sites excluding steroid dienone is 1. The third-order valence-corrected chi connectivity index (χ3v) is 7.09. The van der Waals surface area contributed by atoms with Crippen LogP contribution in [-0.2, 0) is 6.18 Å². The second-order valence-corrected chi connectivity index (χ2v) is 10.5. The molecule has 0 saturated carbocycles. The van der Waals surface area contributed by atoms with Crippen molar-refractivity contribution in [3.05, 3.63) is 73.7 Å². The summed E-state index contributed by atoms with van der Waals surface area (Å²) in [6.45, 7) is 0.814. The maximum atomic E-state index is 13.8. The summed E-state index contributed by atoms with van der Waals surface area (Å²) >= 11 is 22.2. The van der Waals surface area contributed by atoms with Crippen LogP contribution in [0.1, 0.15) is 46.8 Å². The van der Waals surface area contributed by atoms with Gasteiger partial charge in [-0.25, -0.2) is 0 Å². The van der Waals surface area contributed by atoms with Crippen molar-refractivity contribution in [3.63, 3.8) is 0 Å². The molecule has 0 radical (unpaired) electrons. The van der Waals surface area contributed by atoms with Crippen molar-refractivity contribution in [2.45, 2.75) is 43.8 Å². The normalized spacial score (nSPS) is 13.8. The SMILES string of the molecule is CC(C)(NC(=O)c1ccc(C=CC(c2cc(Cl)c(Cl)c(Cl)c2)C(F)(F)F)cc1C(F)(F)F)C(=S)NCC(F)(F)F. The Balaban J connectivity index is 2.42. The molecule has 1 amide bonds. The van der Waals surface area contributed by atoms with Crippen molar-refractivity contribution in [1.82, 2.24) is 10.6 Å². The fourth-order valence-electron chi connectivity index (χ4n) is 3.28. The van der Waals surface area contributed by atoms with Crippen LogP contribution in [0.2, 0.25) is 15.1 Å². The van der Waals surface area contributed by atoms with Crippen molar-refractivity contribution >= 4 is 64.0 Å². The molecule has 220 valence electrons. The number of alkyl halides is 9. The summed E-state index contributed by atoms with van der Waals surface area (Å²) in [6, 6.07) is 3.97. The smallest absolute Gasteiger partial charge is 0.369 e. The quantitative estimate of drug-likeness (QED) is 0.177. The van der Waals surface area contributed by atoms with Crippen LogP contribution in [0.25, 0.3) is 6.08 Å². The van der Waals surface area contributed by atoms with Crippen molar-refractivity contribution in [3.8, 4) is 0 Å².